The third-order valence-corrected chi connectivity index (χ3v) is 5.37. The van der Waals surface area contributed by atoms with Crippen LogP contribution in [0, 0.1) is 5.92 Å². The Hall–Kier alpha value is -3.19. The molecule has 0 spiro atoms. The Morgan fingerprint density at radius 3 is 2.52 bits per heavy atom. The lowest BCUT2D eigenvalue weighted by Crippen LogP contribution is -2.40. The zero-order valence-corrected chi connectivity index (χ0v) is 16.0. The van der Waals surface area contributed by atoms with Gasteiger partial charge in [0.15, 0.2) is 5.69 Å². The van der Waals surface area contributed by atoms with Crippen molar-refractivity contribution in [1.82, 2.24) is 15.5 Å². The highest BCUT2D eigenvalue weighted by atomic mass is 16.5. The van der Waals surface area contributed by atoms with E-state index in [9.17, 15) is 9.90 Å². The first-order valence-corrected chi connectivity index (χ1v) is 9.86. The molecule has 2 heterocycles. The lowest BCUT2D eigenvalue weighted by atomic mass is 9.84. The molecule has 150 valence electrons. The first-order valence-electron chi connectivity index (χ1n) is 9.86. The summed E-state index contributed by atoms with van der Waals surface area (Å²) >= 11 is 0. The molecule has 1 aliphatic carbocycles. The number of pyridine rings is 1. The predicted octanol–water partition coefficient (Wildman–Crippen LogP) is 3.46. The van der Waals surface area contributed by atoms with Crippen molar-refractivity contribution in [2.45, 2.75) is 38.0 Å². The van der Waals surface area contributed by atoms with Crippen molar-refractivity contribution in [2.24, 2.45) is 5.92 Å². The summed E-state index contributed by atoms with van der Waals surface area (Å²) < 4.78 is 4.71. The summed E-state index contributed by atoms with van der Waals surface area (Å²) in [6.07, 6.45) is 5.77. The average molecular weight is 392 g/mol. The largest absolute Gasteiger partial charge is 0.374 e. The van der Waals surface area contributed by atoms with Gasteiger partial charge in [0.05, 0.1) is 17.6 Å². The van der Waals surface area contributed by atoms with E-state index in [1.165, 1.54) is 6.26 Å². The zero-order valence-electron chi connectivity index (χ0n) is 16.0. The maximum absolute atomic E-state index is 12.1. The second kappa shape index (κ2) is 8.87. The molecule has 2 aromatic heterocycles. The number of nitrogens with one attached hydrogen (secondary N) is 2. The van der Waals surface area contributed by atoms with E-state index in [1.807, 2.05) is 42.5 Å². The lowest BCUT2D eigenvalue weighted by molar-refractivity contribution is 0.0850. The molecule has 3 aromatic rings. The van der Waals surface area contributed by atoms with Gasteiger partial charge in [0.1, 0.15) is 12.5 Å². The van der Waals surface area contributed by atoms with Gasteiger partial charge in [0.2, 0.25) is 0 Å². The van der Waals surface area contributed by atoms with Crippen LogP contribution in [-0.2, 0) is 0 Å². The Labute approximate surface area is 169 Å². The molecule has 1 aromatic carbocycles. The number of aliphatic hydroxyl groups excluding tert-OH is 1. The molecule has 0 saturated heterocycles. The van der Waals surface area contributed by atoms with Gasteiger partial charge in [0.25, 0.3) is 5.91 Å². The number of carbonyl (C=O) groups excluding carboxylic acids is 1. The van der Waals surface area contributed by atoms with E-state index >= 15 is 0 Å². The minimum Gasteiger partial charge on any atom is -0.374 e. The SMILES string of the molecule is O=C(NC1CCC(C(O)Nc2ccc(-c3ccccc3)nc2)CC1)c1ccon1. The van der Waals surface area contributed by atoms with Crippen LogP contribution in [0.15, 0.2) is 65.5 Å². The number of benzene rings is 1. The monoisotopic (exact) mass is 392 g/mol. The van der Waals surface area contributed by atoms with E-state index in [1.54, 1.807) is 12.3 Å². The molecule has 7 heteroatoms. The number of nitrogens with zero attached hydrogens (tertiary/aromatic N) is 2. The van der Waals surface area contributed by atoms with Crippen LogP contribution in [0.5, 0.6) is 0 Å². The van der Waals surface area contributed by atoms with Gasteiger partial charge in [0, 0.05) is 23.6 Å². The van der Waals surface area contributed by atoms with Crippen LogP contribution in [0.3, 0.4) is 0 Å². The zero-order chi connectivity index (χ0) is 20.1. The van der Waals surface area contributed by atoms with E-state index in [0.717, 1.165) is 42.6 Å². The number of anilines is 1. The summed E-state index contributed by atoms with van der Waals surface area (Å²) in [6.45, 7) is 0. The van der Waals surface area contributed by atoms with Gasteiger partial charge in [-0.1, -0.05) is 35.5 Å². The van der Waals surface area contributed by atoms with Crippen molar-refractivity contribution in [3.63, 3.8) is 0 Å². The van der Waals surface area contributed by atoms with Crippen molar-refractivity contribution in [1.29, 1.82) is 0 Å². The molecule has 0 aliphatic heterocycles. The standard InChI is InChI=1S/C22H24N4O3/c27-21(25-18-10-11-19(23-14-18)15-4-2-1-3-5-15)16-6-8-17(9-7-16)24-22(28)20-12-13-29-26-20/h1-5,10-14,16-17,21,25,27H,6-9H2,(H,24,28). The molecule has 7 nitrogen and oxygen atoms in total. The number of amides is 1. The Morgan fingerprint density at radius 2 is 1.86 bits per heavy atom. The van der Waals surface area contributed by atoms with Gasteiger partial charge >= 0.3 is 0 Å². The van der Waals surface area contributed by atoms with E-state index in [2.05, 4.69) is 20.8 Å². The molecule has 1 amide bonds. The van der Waals surface area contributed by atoms with Crippen LogP contribution in [0.25, 0.3) is 11.3 Å². The van der Waals surface area contributed by atoms with Crippen LogP contribution < -0.4 is 10.6 Å². The van der Waals surface area contributed by atoms with Crippen molar-refractivity contribution >= 4 is 11.6 Å². The van der Waals surface area contributed by atoms with Crippen LogP contribution >= 0.6 is 0 Å². The van der Waals surface area contributed by atoms with Crippen LogP contribution in [0.4, 0.5) is 5.69 Å². The Kier molecular flexibility index (Phi) is 5.86. The fourth-order valence-electron chi connectivity index (χ4n) is 3.72. The van der Waals surface area contributed by atoms with Crippen LogP contribution in [-0.4, -0.2) is 33.4 Å². The number of aromatic nitrogens is 2. The maximum atomic E-state index is 12.1. The van der Waals surface area contributed by atoms with Gasteiger partial charge in [-0.05, 0) is 37.8 Å². The van der Waals surface area contributed by atoms with Gasteiger partial charge in [-0.2, -0.15) is 0 Å². The molecule has 29 heavy (non-hydrogen) atoms. The number of aliphatic hydroxyl groups is 1. The predicted molar refractivity (Wildman–Crippen MR) is 109 cm³/mol. The van der Waals surface area contributed by atoms with Crippen molar-refractivity contribution in [2.75, 3.05) is 5.32 Å². The molecule has 4 rings (SSSR count). The minimum atomic E-state index is -0.647. The highest BCUT2D eigenvalue weighted by molar-refractivity contribution is 5.92. The fourth-order valence-corrected chi connectivity index (χ4v) is 3.72. The first kappa shape index (κ1) is 19.1. The molecule has 1 aliphatic rings. The first-order chi connectivity index (χ1) is 14.2. The van der Waals surface area contributed by atoms with Crippen LogP contribution in [0.2, 0.25) is 0 Å². The van der Waals surface area contributed by atoms with Gasteiger partial charge < -0.3 is 20.3 Å². The Morgan fingerprint density at radius 1 is 1.07 bits per heavy atom. The second-order valence-corrected chi connectivity index (χ2v) is 7.36. The van der Waals surface area contributed by atoms with Crippen molar-refractivity contribution in [3.8, 4) is 11.3 Å². The quantitative estimate of drug-likeness (QED) is 0.556. The molecule has 0 radical (unpaired) electrons. The minimum absolute atomic E-state index is 0.0921. The third kappa shape index (κ3) is 4.81. The van der Waals surface area contributed by atoms with Gasteiger partial charge in [-0.3, -0.25) is 9.78 Å². The normalized spacial score (nSPS) is 20.0. The number of hydrogen-bond acceptors (Lipinski definition) is 6. The molecule has 3 N–H and O–H groups in total. The highest BCUT2D eigenvalue weighted by Crippen LogP contribution is 2.28. The van der Waals surface area contributed by atoms with Crippen molar-refractivity contribution < 1.29 is 14.4 Å². The summed E-state index contributed by atoms with van der Waals surface area (Å²) in [5.74, 6) is -0.0885. The maximum Gasteiger partial charge on any atom is 0.273 e. The molecule has 1 fully saturated rings. The topological polar surface area (TPSA) is 100 Å². The summed E-state index contributed by atoms with van der Waals surface area (Å²) in [5.41, 5.74) is 3.04. The average Bonchev–Trinajstić information content (AvgIpc) is 3.31. The van der Waals surface area contributed by atoms with Crippen molar-refractivity contribution in [3.05, 3.63) is 66.7 Å². The summed E-state index contributed by atoms with van der Waals surface area (Å²) in [7, 11) is 0. The molecule has 1 atom stereocenters. The molecule has 1 saturated carbocycles. The fraction of sp³-hybridized carbons (Fsp3) is 0.318. The second-order valence-electron chi connectivity index (χ2n) is 7.36. The van der Waals surface area contributed by atoms with E-state index in [-0.39, 0.29) is 17.9 Å². The number of hydrogen-bond donors (Lipinski definition) is 3. The highest BCUT2D eigenvalue weighted by Gasteiger charge is 2.27. The molecular weight excluding hydrogens is 368 g/mol. The van der Waals surface area contributed by atoms with E-state index in [0.29, 0.717) is 5.69 Å². The smallest absolute Gasteiger partial charge is 0.273 e. The van der Waals surface area contributed by atoms with E-state index in [4.69, 9.17) is 4.52 Å². The Bertz CT molecular complexity index is 905. The van der Waals surface area contributed by atoms with E-state index < -0.39 is 6.23 Å². The molecular formula is C22H24N4O3. The third-order valence-electron chi connectivity index (χ3n) is 5.37. The number of rotatable bonds is 6. The summed E-state index contributed by atoms with van der Waals surface area (Å²) in [4.78, 5) is 16.5. The number of carbonyl (C=O) groups is 1. The Balaban J connectivity index is 1.26. The molecule has 1 unspecified atom stereocenters. The van der Waals surface area contributed by atoms with Gasteiger partial charge in [-0.25, -0.2) is 0 Å². The van der Waals surface area contributed by atoms with Crippen LogP contribution in [0.1, 0.15) is 36.2 Å². The molecule has 0 bridgehead atoms. The van der Waals surface area contributed by atoms with Gasteiger partial charge in [-0.15, -0.1) is 0 Å². The summed E-state index contributed by atoms with van der Waals surface area (Å²) in [6, 6.07) is 15.5. The summed E-state index contributed by atoms with van der Waals surface area (Å²) in [5, 5.41) is 20.4. The lowest BCUT2D eigenvalue weighted by Gasteiger charge is -2.32.